The Labute approximate surface area is 240 Å². The molecule has 5 rings (SSSR count). The molecule has 3 aromatic carbocycles. The van der Waals surface area contributed by atoms with Crippen LogP contribution in [0.15, 0.2) is 93.9 Å². The molecule has 7 nitrogen and oxygen atoms in total. The second kappa shape index (κ2) is 11.9. The second-order valence-corrected chi connectivity index (χ2v) is 10.4. The van der Waals surface area contributed by atoms with Crippen molar-refractivity contribution in [3.05, 3.63) is 125 Å². The van der Waals surface area contributed by atoms with Crippen LogP contribution in [-0.2, 0) is 16.1 Å². The maximum absolute atomic E-state index is 13.8. The van der Waals surface area contributed by atoms with Gasteiger partial charge >= 0.3 is 5.97 Å². The van der Waals surface area contributed by atoms with Gasteiger partial charge in [-0.05, 0) is 54.8 Å². The minimum atomic E-state index is -0.769. The molecule has 9 heteroatoms. The van der Waals surface area contributed by atoms with E-state index in [0.29, 0.717) is 43.7 Å². The second-order valence-electron chi connectivity index (χ2n) is 9.01. The Kier molecular flexibility index (Phi) is 8.19. The van der Waals surface area contributed by atoms with E-state index in [1.54, 1.807) is 45.2 Å². The molecule has 0 spiro atoms. The molecule has 2 heterocycles. The van der Waals surface area contributed by atoms with Gasteiger partial charge in [0.25, 0.3) is 5.56 Å². The first-order valence-electron chi connectivity index (χ1n) is 12.7. The lowest BCUT2D eigenvalue weighted by molar-refractivity contribution is -0.139. The van der Waals surface area contributed by atoms with E-state index in [0.717, 1.165) is 11.1 Å². The van der Waals surface area contributed by atoms with Crippen LogP contribution < -0.4 is 24.4 Å². The van der Waals surface area contributed by atoms with E-state index in [9.17, 15) is 9.59 Å². The molecule has 0 aliphatic carbocycles. The molecule has 0 saturated carbocycles. The van der Waals surface area contributed by atoms with Crippen molar-refractivity contribution in [2.75, 3.05) is 13.7 Å². The first-order valence-corrected chi connectivity index (χ1v) is 13.9. The Bertz CT molecular complexity index is 1780. The predicted molar refractivity (Wildman–Crippen MR) is 156 cm³/mol. The summed E-state index contributed by atoms with van der Waals surface area (Å²) in [4.78, 5) is 32.0. The lowest BCUT2D eigenvalue weighted by Crippen LogP contribution is -2.40. The summed E-state index contributed by atoms with van der Waals surface area (Å²) < 4.78 is 18.9. The number of allylic oxidation sites excluding steroid dienone is 1. The SMILES string of the molecule is CCOC(=O)C1=C(C)N=c2s/c(=C\c3ccc(OCc4ccccc4)c(OC)c3)c(=O)n2[C@@H]1c1ccccc1Cl. The molecule has 0 bridgehead atoms. The van der Waals surface area contributed by atoms with E-state index in [1.165, 1.54) is 15.9 Å². The van der Waals surface area contributed by atoms with Crippen LogP contribution in [0.25, 0.3) is 6.08 Å². The van der Waals surface area contributed by atoms with Crippen molar-refractivity contribution >= 4 is 35.0 Å². The molecule has 1 atom stereocenters. The molecule has 204 valence electrons. The number of fused-ring (bicyclic) bond motifs is 1. The van der Waals surface area contributed by atoms with Crippen LogP contribution in [0.5, 0.6) is 11.5 Å². The van der Waals surface area contributed by atoms with Crippen molar-refractivity contribution in [1.82, 2.24) is 4.57 Å². The van der Waals surface area contributed by atoms with Crippen LogP contribution in [-0.4, -0.2) is 24.3 Å². The molecule has 4 aromatic rings. The Hall–Kier alpha value is -4.14. The maximum Gasteiger partial charge on any atom is 0.338 e. The van der Waals surface area contributed by atoms with Crippen molar-refractivity contribution in [2.45, 2.75) is 26.5 Å². The molecule has 0 saturated heterocycles. The first kappa shape index (κ1) is 27.4. The lowest BCUT2D eigenvalue weighted by atomic mass is 9.96. The van der Waals surface area contributed by atoms with Gasteiger partial charge < -0.3 is 14.2 Å². The van der Waals surface area contributed by atoms with E-state index in [1.807, 2.05) is 54.6 Å². The number of nitrogens with zero attached hydrogens (tertiary/aromatic N) is 2. The Morgan fingerprint density at radius 3 is 2.55 bits per heavy atom. The topological polar surface area (TPSA) is 79.1 Å². The minimum absolute atomic E-state index is 0.197. The van der Waals surface area contributed by atoms with Gasteiger partial charge in [-0.3, -0.25) is 9.36 Å². The van der Waals surface area contributed by atoms with Crippen molar-refractivity contribution in [3.63, 3.8) is 0 Å². The lowest BCUT2D eigenvalue weighted by Gasteiger charge is -2.25. The van der Waals surface area contributed by atoms with Gasteiger partial charge in [0, 0.05) is 5.02 Å². The minimum Gasteiger partial charge on any atom is -0.493 e. The zero-order valence-electron chi connectivity index (χ0n) is 22.2. The number of methoxy groups -OCH3 is 1. The van der Waals surface area contributed by atoms with Gasteiger partial charge in [-0.15, -0.1) is 0 Å². The zero-order chi connectivity index (χ0) is 28.2. The largest absolute Gasteiger partial charge is 0.493 e. The van der Waals surface area contributed by atoms with Gasteiger partial charge in [0.05, 0.1) is 29.5 Å². The number of carbonyl (C=O) groups is 1. The summed E-state index contributed by atoms with van der Waals surface area (Å²) in [5, 5.41) is 0.439. The molecule has 0 radical (unpaired) electrons. The standard InChI is InChI=1S/C31H27ClN2O5S/c1-4-38-30(36)27-19(2)33-31-34(28(27)22-12-8-9-13-23(22)32)29(35)26(40-31)17-21-14-15-24(25(16-21)37-3)39-18-20-10-6-5-7-11-20/h5-17,28H,4,18H2,1-3H3/b26-17-/t28-/m1/s1. The highest BCUT2D eigenvalue weighted by Crippen LogP contribution is 2.34. The molecule has 1 aromatic heterocycles. The van der Waals surface area contributed by atoms with Gasteiger partial charge in [0.2, 0.25) is 0 Å². The normalized spacial score (nSPS) is 14.9. The number of hydrogen-bond donors (Lipinski definition) is 0. The van der Waals surface area contributed by atoms with Gasteiger partial charge in [-0.1, -0.05) is 77.5 Å². The molecular weight excluding hydrogens is 548 g/mol. The summed E-state index contributed by atoms with van der Waals surface area (Å²) in [6, 6.07) is 21.8. The molecule has 40 heavy (non-hydrogen) atoms. The molecule has 1 aliphatic rings. The summed E-state index contributed by atoms with van der Waals surface area (Å²) >= 11 is 7.81. The van der Waals surface area contributed by atoms with E-state index in [4.69, 9.17) is 25.8 Å². The van der Waals surface area contributed by atoms with E-state index >= 15 is 0 Å². The first-order chi connectivity index (χ1) is 19.4. The smallest absolute Gasteiger partial charge is 0.338 e. The third-order valence-electron chi connectivity index (χ3n) is 6.44. The van der Waals surface area contributed by atoms with E-state index < -0.39 is 12.0 Å². The monoisotopic (exact) mass is 574 g/mol. The number of rotatable bonds is 8. The van der Waals surface area contributed by atoms with Crippen LogP contribution in [0.1, 0.15) is 36.6 Å². The fraction of sp³-hybridized carbons (Fsp3) is 0.194. The number of aromatic nitrogens is 1. The zero-order valence-corrected chi connectivity index (χ0v) is 23.8. The predicted octanol–water partition coefficient (Wildman–Crippen LogP) is 5.04. The van der Waals surface area contributed by atoms with Crippen LogP contribution in [0, 0.1) is 0 Å². The maximum atomic E-state index is 13.8. The Morgan fingerprint density at radius 2 is 1.82 bits per heavy atom. The number of benzene rings is 3. The number of thiazole rings is 1. The van der Waals surface area contributed by atoms with E-state index in [-0.39, 0.29) is 17.7 Å². The van der Waals surface area contributed by atoms with Crippen LogP contribution in [0.4, 0.5) is 0 Å². The summed E-state index contributed by atoms with van der Waals surface area (Å²) in [6.07, 6.45) is 1.78. The average molecular weight is 575 g/mol. The highest BCUT2D eigenvalue weighted by Gasteiger charge is 2.34. The summed E-state index contributed by atoms with van der Waals surface area (Å²) in [5.74, 6) is 0.615. The Morgan fingerprint density at radius 1 is 1.07 bits per heavy atom. The van der Waals surface area contributed by atoms with Gasteiger partial charge in [0.1, 0.15) is 12.6 Å². The third-order valence-corrected chi connectivity index (χ3v) is 7.77. The number of halogens is 1. The number of ether oxygens (including phenoxy) is 3. The molecular formula is C31H27ClN2O5S. The van der Waals surface area contributed by atoms with Crippen molar-refractivity contribution in [2.24, 2.45) is 4.99 Å². The molecule has 0 unspecified atom stereocenters. The third kappa shape index (κ3) is 5.46. The molecule has 0 amide bonds. The van der Waals surface area contributed by atoms with Crippen molar-refractivity contribution < 1.29 is 19.0 Å². The highest BCUT2D eigenvalue weighted by molar-refractivity contribution is 7.07. The fourth-order valence-electron chi connectivity index (χ4n) is 4.56. The van der Waals surface area contributed by atoms with Crippen LogP contribution in [0.3, 0.4) is 0 Å². The van der Waals surface area contributed by atoms with Gasteiger partial charge in [-0.2, -0.15) is 0 Å². The number of esters is 1. The van der Waals surface area contributed by atoms with Gasteiger partial charge in [-0.25, -0.2) is 9.79 Å². The van der Waals surface area contributed by atoms with Crippen molar-refractivity contribution in [3.8, 4) is 11.5 Å². The number of carbonyl (C=O) groups excluding carboxylic acids is 1. The quantitative estimate of drug-likeness (QED) is 0.276. The fourth-order valence-corrected chi connectivity index (χ4v) is 5.85. The summed E-state index contributed by atoms with van der Waals surface area (Å²) in [5.41, 5.74) is 2.90. The molecule has 1 aliphatic heterocycles. The molecule has 0 N–H and O–H groups in total. The average Bonchev–Trinajstić information content (AvgIpc) is 3.26. The Balaban J connectivity index is 1.57. The number of hydrogen-bond acceptors (Lipinski definition) is 7. The molecule has 0 fully saturated rings. The van der Waals surface area contributed by atoms with Crippen LogP contribution in [0.2, 0.25) is 5.02 Å². The van der Waals surface area contributed by atoms with E-state index in [2.05, 4.69) is 4.99 Å². The summed E-state index contributed by atoms with van der Waals surface area (Å²) in [6.45, 7) is 4.08. The summed E-state index contributed by atoms with van der Waals surface area (Å²) in [7, 11) is 1.58. The van der Waals surface area contributed by atoms with Crippen molar-refractivity contribution in [1.29, 1.82) is 0 Å². The van der Waals surface area contributed by atoms with Gasteiger partial charge in [0.15, 0.2) is 16.3 Å². The highest BCUT2D eigenvalue weighted by atomic mass is 35.5. The van der Waals surface area contributed by atoms with Crippen LogP contribution >= 0.6 is 22.9 Å².